The number of aryl methyl sites for hydroxylation is 2. The van der Waals surface area contributed by atoms with Crippen LogP contribution >= 0.6 is 23.1 Å². The van der Waals surface area contributed by atoms with Crippen molar-refractivity contribution >= 4 is 29.0 Å². The van der Waals surface area contributed by atoms with Gasteiger partial charge in [-0.25, -0.2) is 0 Å². The number of carbonyl (C=O) groups is 1. The van der Waals surface area contributed by atoms with E-state index in [1.165, 1.54) is 22.2 Å². The van der Waals surface area contributed by atoms with E-state index in [1.54, 1.807) is 17.6 Å². The summed E-state index contributed by atoms with van der Waals surface area (Å²) < 4.78 is 7.18. The highest BCUT2D eigenvalue weighted by Crippen LogP contribution is 2.25. The molecule has 0 aromatic carbocycles. The van der Waals surface area contributed by atoms with Crippen LogP contribution in [0.5, 0.6) is 0 Å². The van der Waals surface area contributed by atoms with Crippen LogP contribution in [-0.4, -0.2) is 26.4 Å². The topological polar surface area (TPSA) is 73.0 Å². The summed E-state index contributed by atoms with van der Waals surface area (Å²) in [6.07, 6.45) is 1.63. The van der Waals surface area contributed by atoms with Crippen LogP contribution < -0.4 is 5.32 Å². The predicted octanol–water partition coefficient (Wildman–Crippen LogP) is 3.16. The number of hydrogen-bond donors (Lipinski definition) is 1. The number of thioether (sulfide) groups is 1. The number of thiophene rings is 1. The summed E-state index contributed by atoms with van der Waals surface area (Å²) in [5, 5.41) is 14.0. The van der Waals surface area contributed by atoms with E-state index < -0.39 is 0 Å². The predicted molar refractivity (Wildman–Crippen MR) is 95.1 cm³/mol. The first-order valence-electron chi connectivity index (χ1n) is 7.42. The maximum atomic E-state index is 12.0. The van der Waals surface area contributed by atoms with Gasteiger partial charge in [-0.05, 0) is 36.9 Å². The van der Waals surface area contributed by atoms with Gasteiger partial charge in [0.15, 0.2) is 11.0 Å². The lowest BCUT2D eigenvalue weighted by Gasteiger charge is -2.05. The summed E-state index contributed by atoms with van der Waals surface area (Å²) in [7, 11) is 1.89. The molecule has 0 atom stereocenters. The fraction of sp³-hybridized carbons (Fsp3) is 0.312. The van der Waals surface area contributed by atoms with E-state index in [9.17, 15) is 4.79 Å². The van der Waals surface area contributed by atoms with Crippen molar-refractivity contribution in [1.29, 1.82) is 0 Å². The summed E-state index contributed by atoms with van der Waals surface area (Å²) in [4.78, 5) is 13.2. The summed E-state index contributed by atoms with van der Waals surface area (Å²) in [5.74, 6) is 1.82. The van der Waals surface area contributed by atoms with Crippen LogP contribution in [0.2, 0.25) is 0 Å². The van der Waals surface area contributed by atoms with E-state index in [4.69, 9.17) is 4.42 Å². The Hall–Kier alpha value is -2.06. The minimum atomic E-state index is -0.0168. The molecular formula is C16H18N4O2S2. The molecule has 3 aromatic rings. The number of carbonyl (C=O) groups excluding carboxylic acids is 1. The zero-order valence-electron chi connectivity index (χ0n) is 13.7. The molecule has 24 heavy (non-hydrogen) atoms. The van der Waals surface area contributed by atoms with E-state index in [2.05, 4.69) is 21.6 Å². The Balaban J connectivity index is 1.57. The molecule has 0 unspecified atom stereocenters. The summed E-state index contributed by atoms with van der Waals surface area (Å²) in [5.41, 5.74) is 2.12. The molecule has 126 valence electrons. The molecule has 3 rings (SSSR count). The van der Waals surface area contributed by atoms with Crippen LogP contribution in [0.25, 0.3) is 11.4 Å². The average molecular weight is 362 g/mol. The van der Waals surface area contributed by atoms with Gasteiger partial charge in [-0.2, -0.15) is 0 Å². The Morgan fingerprint density at radius 3 is 2.88 bits per heavy atom. The maximum Gasteiger partial charge on any atom is 0.230 e. The molecule has 0 spiro atoms. The van der Waals surface area contributed by atoms with Crippen LogP contribution in [0, 0.1) is 13.8 Å². The Kier molecular flexibility index (Phi) is 5.06. The van der Waals surface area contributed by atoms with Crippen LogP contribution in [0.1, 0.15) is 16.2 Å². The lowest BCUT2D eigenvalue weighted by Crippen LogP contribution is -2.24. The second-order valence-corrected chi connectivity index (χ2v) is 7.29. The van der Waals surface area contributed by atoms with E-state index in [0.717, 1.165) is 17.1 Å². The van der Waals surface area contributed by atoms with Crippen molar-refractivity contribution < 1.29 is 9.21 Å². The molecule has 0 aliphatic carbocycles. The highest BCUT2D eigenvalue weighted by atomic mass is 32.2. The molecule has 3 aromatic heterocycles. The molecule has 1 amide bonds. The van der Waals surface area contributed by atoms with Crippen LogP contribution in [0.15, 0.2) is 33.3 Å². The number of amides is 1. The second kappa shape index (κ2) is 7.23. The van der Waals surface area contributed by atoms with Gasteiger partial charge >= 0.3 is 0 Å². The molecule has 0 fully saturated rings. The normalized spacial score (nSPS) is 11.0. The number of aromatic nitrogens is 3. The molecule has 1 N–H and O–H groups in total. The fourth-order valence-corrected chi connectivity index (χ4v) is 3.82. The molecule has 0 aliphatic rings. The van der Waals surface area contributed by atoms with Crippen molar-refractivity contribution in [2.24, 2.45) is 7.05 Å². The number of nitrogens with one attached hydrogen (secondary N) is 1. The van der Waals surface area contributed by atoms with Crippen molar-refractivity contribution in [3.63, 3.8) is 0 Å². The summed E-state index contributed by atoms with van der Waals surface area (Å²) >= 11 is 3.03. The second-order valence-electron chi connectivity index (χ2n) is 5.35. The third kappa shape index (κ3) is 3.54. The van der Waals surface area contributed by atoms with Crippen molar-refractivity contribution in [1.82, 2.24) is 20.1 Å². The van der Waals surface area contributed by atoms with Crippen LogP contribution in [0.4, 0.5) is 0 Å². The highest BCUT2D eigenvalue weighted by molar-refractivity contribution is 7.99. The van der Waals surface area contributed by atoms with Crippen molar-refractivity contribution in [2.75, 3.05) is 5.75 Å². The smallest absolute Gasteiger partial charge is 0.230 e. The van der Waals surface area contributed by atoms with Gasteiger partial charge in [0, 0.05) is 11.9 Å². The quantitative estimate of drug-likeness (QED) is 0.682. The third-order valence-electron chi connectivity index (χ3n) is 3.68. The first kappa shape index (κ1) is 16.8. The van der Waals surface area contributed by atoms with E-state index in [-0.39, 0.29) is 5.91 Å². The van der Waals surface area contributed by atoms with E-state index in [1.807, 2.05) is 36.9 Å². The number of furan rings is 1. The minimum Gasteiger partial charge on any atom is -0.469 e. The highest BCUT2D eigenvalue weighted by Gasteiger charge is 2.15. The molecular weight excluding hydrogens is 344 g/mol. The van der Waals surface area contributed by atoms with Gasteiger partial charge in [0.1, 0.15) is 5.76 Å². The molecule has 0 saturated carbocycles. The maximum absolute atomic E-state index is 12.0. The van der Waals surface area contributed by atoms with Crippen molar-refractivity contribution in [2.45, 2.75) is 25.5 Å². The standard InChI is InChI=1S/C16H18N4O2S2/c1-10-5-7-23-13(10)8-17-14(21)9-24-16-19-18-15(20(16)3)12-4-6-22-11(12)2/h4-7H,8-9H2,1-3H3,(H,17,21). The largest absolute Gasteiger partial charge is 0.469 e. The van der Waals surface area contributed by atoms with Gasteiger partial charge in [0.25, 0.3) is 0 Å². The molecule has 3 heterocycles. The van der Waals surface area contributed by atoms with Crippen LogP contribution in [-0.2, 0) is 18.4 Å². The van der Waals surface area contributed by atoms with E-state index in [0.29, 0.717) is 17.5 Å². The number of hydrogen-bond acceptors (Lipinski definition) is 6. The summed E-state index contributed by atoms with van der Waals surface area (Å²) in [6.45, 7) is 4.50. The average Bonchev–Trinajstić information content (AvgIpc) is 3.25. The summed E-state index contributed by atoms with van der Waals surface area (Å²) in [6, 6.07) is 3.92. The minimum absolute atomic E-state index is 0.0168. The van der Waals surface area contributed by atoms with Gasteiger partial charge in [-0.1, -0.05) is 11.8 Å². The van der Waals surface area contributed by atoms with Crippen molar-refractivity contribution in [3.05, 3.63) is 40.0 Å². The first-order chi connectivity index (χ1) is 11.6. The first-order valence-corrected chi connectivity index (χ1v) is 9.29. The lowest BCUT2D eigenvalue weighted by molar-refractivity contribution is -0.118. The molecule has 0 bridgehead atoms. The van der Waals surface area contributed by atoms with Gasteiger partial charge in [-0.15, -0.1) is 21.5 Å². The number of rotatable bonds is 6. The Morgan fingerprint density at radius 1 is 1.38 bits per heavy atom. The Morgan fingerprint density at radius 2 is 2.21 bits per heavy atom. The van der Waals surface area contributed by atoms with Gasteiger partial charge in [0.05, 0.1) is 24.1 Å². The van der Waals surface area contributed by atoms with Crippen molar-refractivity contribution in [3.8, 4) is 11.4 Å². The van der Waals surface area contributed by atoms with Gasteiger partial charge in [0.2, 0.25) is 5.91 Å². The SMILES string of the molecule is Cc1ccsc1CNC(=O)CSc1nnc(-c2ccoc2C)n1C. The van der Waals surface area contributed by atoms with Gasteiger partial charge < -0.3 is 14.3 Å². The molecule has 8 heteroatoms. The Labute approximate surface area is 148 Å². The van der Waals surface area contributed by atoms with E-state index >= 15 is 0 Å². The number of nitrogens with zero attached hydrogens (tertiary/aromatic N) is 3. The monoisotopic (exact) mass is 362 g/mol. The lowest BCUT2D eigenvalue weighted by atomic mass is 10.2. The fourth-order valence-electron chi connectivity index (χ4n) is 2.24. The van der Waals surface area contributed by atoms with Gasteiger partial charge in [-0.3, -0.25) is 4.79 Å². The molecule has 0 aliphatic heterocycles. The zero-order chi connectivity index (χ0) is 17.1. The third-order valence-corrected chi connectivity index (χ3v) is 5.72. The molecule has 0 saturated heterocycles. The molecule has 0 radical (unpaired) electrons. The molecule has 6 nitrogen and oxygen atoms in total. The zero-order valence-corrected chi connectivity index (χ0v) is 15.3. The Bertz CT molecular complexity index is 850. The van der Waals surface area contributed by atoms with Crippen LogP contribution in [0.3, 0.4) is 0 Å².